The minimum atomic E-state index is 0.808. The highest BCUT2D eigenvalue weighted by Crippen LogP contribution is 2.27. The van der Waals surface area contributed by atoms with Crippen LogP contribution >= 0.6 is 27.3 Å². The maximum atomic E-state index is 4.79. The lowest BCUT2D eigenvalue weighted by molar-refractivity contribution is 0.372. The summed E-state index contributed by atoms with van der Waals surface area (Å²) >= 11 is 5.31. The minimum Gasteiger partial charge on any atom is -0.317 e. The lowest BCUT2D eigenvalue weighted by Gasteiger charge is -2.21. The highest BCUT2D eigenvalue weighted by molar-refractivity contribution is 9.10. The van der Waals surface area contributed by atoms with Crippen LogP contribution in [0.15, 0.2) is 34.1 Å². The van der Waals surface area contributed by atoms with E-state index in [2.05, 4.69) is 44.8 Å². The number of rotatable bonds is 3. The van der Waals surface area contributed by atoms with Crippen LogP contribution in [0.4, 0.5) is 0 Å². The van der Waals surface area contributed by atoms with Crippen LogP contribution in [0.3, 0.4) is 0 Å². The molecule has 1 fully saturated rings. The number of thiazole rings is 1. The predicted octanol–water partition coefficient (Wildman–Crippen LogP) is 4.11. The van der Waals surface area contributed by atoms with Gasteiger partial charge < -0.3 is 5.32 Å². The molecule has 1 aliphatic rings. The van der Waals surface area contributed by atoms with Crippen molar-refractivity contribution in [3.63, 3.8) is 0 Å². The van der Waals surface area contributed by atoms with Crippen molar-refractivity contribution < 1.29 is 0 Å². The summed E-state index contributed by atoms with van der Waals surface area (Å²) in [5.74, 6) is 0.808. The van der Waals surface area contributed by atoms with E-state index < -0.39 is 0 Å². The minimum absolute atomic E-state index is 0.808. The van der Waals surface area contributed by atoms with Crippen LogP contribution in [0.25, 0.3) is 11.3 Å². The molecule has 1 N–H and O–H groups in total. The fourth-order valence-electron chi connectivity index (χ4n) is 2.52. The summed E-state index contributed by atoms with van der Waals surface area (Å²) in [7, 11) is 0. The molecule has 0 radical (unpaired) electrons. The Kier molecular flexibility index (Phi) is 4.31. The molecular weight excluding hydrogens is 320 g/mol. The first-order valence-corrected chi connectivity index (χ1v) is 8.39. The van der Waals surface area contributed by atoms with Crippen LogP contribution in [0, 0.1) is 5.92 Å². The van der Waals surface area contributed by atoms with Crippen LogP contribution in [0.5, 0.6) is 0 Å². The number of hydrogen-bond acceptors (Lipinski definition) is 3. The first-order valence-electron chi connectivity index (χ1n) is 6.72. The molecule has 1 aromatic heterocycles. The maximum absolute atomic E-state index is 4.79. The summed E-state index contributed by atoms with van der Waals surface area (Å²) in [6.45, 7) is 2.32. The third-order valence-electron chi connectivity index (χ3n) is 3.59. The van der Waals surface area contributed by atoms with Gasteiger partial charge in [-0.2, -0.15) is 0 Å². The predicted molar refractivity (Wildman–Crippen MR) is 84.5 cm³/mol. The summed E-state index contributed by atoms with van der Waals surface area (Å²) < 4.78 is 1.11. The van der Waals surface area contributed by atoms with Crippen molar-refractivity contribution in [1.29, 1.82) is 0 Å². The average molecular weight is 337 g/mol. The molecule has 0 saturated carbocycles. The molecule has 0 atom stereocenters. The third kappa shape index (κ3) is 3.44. The van der Waals surface area contributed by atoms with Crippen LogP contribution in [0.2, 0.25) is 0 Å². The van der Waals surface area contributed by atoms with E-state index in [1.165, 1.54) is 23.4 Å². The van der Waals surface area contributed by atoms with E-state index in [1.807, 2.05) is 6.07 Å². The van der Waals surface area contributed by atoms with Gasteiger partial charge in [0.25, 0.3) is 0 Å². The van der Waals surface area contributed by atoms with Crippen molar-refractivity contribution in [3.8, 4) is 11.3 Å². The Bertz CT molecular complexity index is 547. The molecule has 0 spiro atoms. The number of halogens is 1. The molecule has 1 aromatic carbocycles. The van der Waals surface area contributed by atoms with Crippen LogP contribution < -0.4 is 5.32 Å². The number of piperidine rings is 1. The summed E-state index contributed by atoms with van der Waals surface area (Å²) in [6, 6.07) is 8.36. The topological polar surface area (TPSA) is 24.9 Å². The number of nitrogens with one attached hydrogen (secondary N) is 1. The SMILES string of the molecule is Brc1cccc(-c2csc(CC3CCNCC3)n2)c1. The molecule has 100 valence electrons. The average Bonchev–Trinajstić information content (AvgIpc) is 2.88. The summed E-state index contributed by atoms with van der Waals surface area (Å²) in [6.07, 6.45) is 3.71. The zero-order chi connectivity index (χ0) is 13.1. The van der Waals surface area contributed by atoms with E-state index in [0.717, 1.165) is 35.6 Å². The Labute approximate surface area is 126 Å². The number of aromatic nitrogens is 1. The molecule has 1 saturated heterocycles. The molecule has 3 rings (SSSR count). The first kappa shape index (κ1) is 13.3. The summed E-state index contributed by atoms with van der Waals surface area (Å²) in [5.41, 5.74) is 2.30. The molecule has 1 aliphatic heterocycles. The highest BCUT2D eigenvalue weighted by Gasteiger charge is 2.15. The van der Waals surface area contributed by atoms with Crippen molar-refractivity contribution in [3.05, 3.63) is 39.1 Å². The molecular formula is C15H17BrN2S. The highest BCUT2D eigenvalue weighted by atomic mass is 79.9. The lowest BCUT2D eigenvalue weighted by Crippen LogP contribution is -2.28. The quantitative estimate of drug-likeness (QED) is 0.912. The maximum Gasteiger partial charge on any atom is 0.0935 e. The largest absolute Gasteiger partial charge is 0.317 e. The fourth-order valence-corrected chi connectivity index (χ4v) is 3.84. The number of benzene rings is 1. The molecule has 0 bridgehead atoms. The van der Waals surface area contributed by atoms with Crippen LogP contribution in [-0.2, 0) is 6.42 Å². The molecule has 0 unspecified atom stereocenters. The Hall–Kier alpha value is -0.710. The molecule has 4 heteroatoms. The number of hydrogen-bond donors (Lipinski definition) is 1. The van der Waals surface area contributed by atoms with E-state index in [-0.39, 0.29) is 0 Å². The Morgan fingerprint density at radius 2 is 2.16 bits per heavy atom. The fraction of sp³-hybridized carbons (Fsp3) is 0.400. The second kappa shape index (κ2) is 6.16. The molecule has 2 aromatic rings. The monoisotopic (exact) mass is 336 g/mol. The van der Waals surface area contributed by atoms with Gasteiger partial charge in [0.15, 0.2) is 0 Å². The second-order valence-electron chi connectivity index (χ2n) is 5.03. The molecule has 0 amide bonds. The van der Waals surface area contributed by atoms with E-state index in [1.54, 1.807) is 11.3 Å². The molecule has 2 heterocycles. The van der Waals surface area contributed by atoms with Crippen LogP contribution in [0.1, 0.15) is 17.8 Å². The Morgan fingerprint density at radius 1 is 1.32 bits per heavy atom. The lowest BCUT2D eigenvalue weighted by atomic mass is 9.95. The zero-order valence-electron chi connectivity index (χ0n) is 10.7. The van der Waals surface area contributed by atoms with E-state index >= 15 is 0 Å². The van der Waals surface area contributed by atoms with Crippen molar-refractivity contribution in [1.82, 2.24) is 10.3 Å². The standard InChI is InChI=1S/C15H17BrN2S/c16-13-3-1-2-12(9-13)14-10-19-15(18-14)8-11-4-6-17-7-5-11/h1-3,9-11,17H,4-8H2. The van der Waals surface area contributed by atoms with E-state index in [9.17, 15) is 0 Å². The van der Waals surface area contributed by atoms with E-state index in [0.29, 0.717) is 0 Å². The zero-order valence-corrected chi connectivity index (χ0v) is 13.1. The Morgan fingerprint density at radius 3 is 2.95 bits per heavy atom. The van der Waals surface area contributed by atoms with Gasteiger partial charge in [-0.15, -0.1) is 11.3 Å². The van der Waals surface area contributed by atoms with Gasteiger partial charge in [0.1, 0.15) is 0 Å². The van der Waals surface area contributed by atoms with Crippen molar-refractivity contribution in [2.75, 3.05) is 13.1 Å². The molecule has 2 nitrogen and oxygen atoms in total. The van der Waals surface area contributed by atoms with Gasteiger partial charge in [0.05, 0.1) is 10.7 Å². The summed E-state index contributed by atoms with van der Waals surface area (Å²) in [4.78, 5) is 4.79. The van der Waals surface area contributed by atoms with Crippen molar-refractivity contribution in [2.24, 2.45) is 5.92 Å². The van der Waals surface area contributed by atoms with E-state index in [4.69, 9.17) is 4.98 Å². The smallest absolute Gasteiger partial charge is 0.0935 e. The van der Waals surface area contributed by atoms with Crippen molar-refractivity contribution in [2.45, 2.75) is 19.3 Å². The van der Waals surface area contributed by atoms with Crippen LogP contribution in [-0.4, -0.2) is 18.1 Å². The second-order valence-corrected chi connectivity index (χ2v) is 6.89. The van der Waals surface area contributed by atoms with Gasteiger partial charge in [-0.3, -0.25) is 0 Å². The Balaban J connectivity index is 1.72. The first-order chi connectivity index (χ1) is 9.31. The van der Waals surface area contributed by atoms with Gasteiger partial charge in [-0.25, -0.2) is 4.98 Å². The molecule has 0 aliphatic carbocycles. The van der Waals surface area contributed by atoms with Gasteiger partial charge in [0, 0.05) is 21.8 Å². The normalized spacial score (nSPS) is 16.7. The number of nitrogens with zero attached hydrogens (tertiary/aromatic N) is 1. The summed E-state index contributed by atoms with van der Waals surface area (Å²) in [5, 5.41) is 6.87. The van der Waals surface area contributed by atoms with Gasteiger partial charge in [0.2, 0.25) is 0 Å². The van der Waals surface area contributed by atoms with Gasteiger partial charge >= 0.3 is 0 Å². The van der Waals surface area contributed by atoms with Gasteiger partial charge in [-0.05, 0) is 44.0 Å². The molecule has 19 heavy (non-hydrogen) atoms. The van der Waals surface area contributed by atoms with Crippen molar-refractivity contribution >= 4 is 27.3 Å². The van der Waals surface area contributed by atoms with Gasteiger partial charge in [-0.1, -0.05) is 28.1 Å². The third-order valence-corrected chi connectivity index (χ3v) is 4.96.